The summed E-state index contributed by atoms with van der Waals surface area (Å²) < 4.78 is 0. The van der Waals surface area contributed by atoms with Crippen molar-refractivity contribution in [2.75, 3.05) is 23.3 Å². The van der Waals surface area contributed by atoms with Crippen LogP contribution in [0.15, 0.2) is 36.5 Å². The Kier molecular flexibility index (Phi) is 5.73. The highest BCUT2D eigenvalue weighted by Gasteiger charge is 2.20. The van der Waals surface area contributed by atoms with Crippen LogP contribution < -0.4 is 10.2 Å². The van der Waals surface area contributed by atoms with Crippen LogP contribution in [0.4, 0.5) is 11.5 Å². The normalized spacial score (nSPS) is 14.6. The Bertz CT molecular complexity index is 800. The number of aromatic nitrogens is 1. The number of benzene rings is 1. The molecule has 1 fully saturated rings. The van der Waals surface area contributed by atoms with E-state index in [-0.39, 0.29) is 11.5 Å². The summed E-state index contributed by atoms with van der Waals surface area (Å²) >= 11 is 5.82. The van der Waals surface area contributed by atoms with Gasteiger partial charge in [0.15, 0.2) is 0 Å². The van der Waals surface area contributed by atoms with Crippen molar-refractivity contribution in [1.82, 2.24) is 4.98 Å². The molecule has 1 saturated heterocycles. The van der Waals surface area contributed by atoms with E-state index in [2.05, 4.69) is 10.3 Å². The fourth-order valence-corrected chi connectivity index (χ4v) is 3.15. The Morgan fingerprint density at radius 2 is 1.73 bits per heavy atom. The van der Waals surface area contributed by atoms with Crippen LogP contribution in [0.25, 0.3) is 0 Å². The van der Waals surface area contributed by atoms with Crippen molar-refractivity contribution >= 4 is 35.0 Å². The van der Waals surface area contributed by atoms with Gasteiger partial charge in [-0.25, -0.2) is 9.78 Å². The molecular formula is C19H20ClN3O3. The highest BCUT2D eigenvalue weighted by molar-refractivity contribution is 6.30. The minimum atomic E-state index is -1.06. The first kappa shape index (κ1) is 18.2. The van der Waals surface area contributed by atoms with Crippen LogP contribution in [-0.2, 0) is 0 Å². The van der Waals surface area contributed by atoms with Gasteiger partial charge in [-0.05, 0) is 43.2 Å². The number of amides is 1. The van der Waals surface area contributed by atoms with Crippen molar-refractivity contribution in [1.29, 1.82) is 0 Å². The van der Waals surface area contributed by atoms with E-state index in [0.29, 0.717) is 22.1 Å². The van der Waals surface area contributed by atoms with E-state index < -0.39 is 5.97 Å². The lowest BCUT2D eigenvalue weighted by molar-refractivity contribution is 0.0696. The zero-order valence-corrected chi connectivity index (χ0v) is 15.0. The van der Waals surface area contributed by atoms with Crippen LogP contribution in [0.2, 0.25) is 5.02 Å². The molecule has 1 amide bonds. The van der Waals surface area contributed by atoms with Crippen molar-refractivity contribution in [2.45, 2.75) is 25.7 Å². The molecule has 2 aromatic rings. The van der Waals surface area contributed by atoms with Gasteiger partial charge in [-0.2, -0.15) is 0 Å². The molecule has 0 bridgehead atoms. The topological polar surface area (TPSA) is 82.5 Å². The van der Waals surface area contributed by atoms with Gasteiger partial charge < -0.3 is 15.3 Å². The molecule has 6 nitrogen and oxygen atoms in total. The minimum absolute atomic E-state index is 0.0980. The van der Waals surface area contributed by atoms with Crippen molar-refractivity contribution in [3.8, 4) is 0 Å². The lowest BCUT2D eigenvalue weighted by atomic mass is 10.2. The molecule has 7 heteroatoms. The fourth-order valence-electron chi connectivity index (χ4n) is 3.02. The first-order valence-corrected chi connectivity index (χ1v) is 8.97. The molecule has 0 aliphatic carbocycles. The number of anilines is 2. The molecule has 0 saturated carbocycles. The lowest BCUT2D eigenvalue weighted by Gasteiger charge is -2.23. The Hall–Kier alpha value is -2.60. The predicted octanol–water partition coefficient (Wildman–Crippen LogP) is 4.07. The van der Waals surface area contributed by atoms with Gasteiger partial charge in [0.2, 0.25) is 0 Å². The first-order chi connectivity index (χ1) is 12.5. The van der Waals surface area contributed by atoms with Crippen LogP contribution in [-0.4, -0.2) is 35.1 Å². The number of halogens is 1. The molecule has 2 heterocycles. The second kappa shape index (κ2) is 8.19. The van der Waals surface area contributed by atoms with Gasteiger partial charge in [0.1, 0.15) is 11.4 Å². The number of carbonyl (C=O) groups is 2. The second-order valence-electron chi connectivity index (χ2n) is 6.26. The highest BCUT2D eigenvalue weighted by atomic mass is 35.5. The number of carboxylic acids is 1. The van der Waals surface area contributed by atoms with Crippen LogP contribution >= 0.6 is 11.6 Å². The van der Waals surface area contributed by atoms with Crippen molar-refractivity contribution in [3.63, 3.8) is 0 Å². The van der Waals surface area contributed by atoms with Crippen LogP contribution in [0.3, 0.4) is 0 Å². The number of hydrogen-bond acceptors (Lipinski definition) is 4. The van der Waals surface area contributed by atoms with Crippen LogP contribution in [0.5, 0.6) is 0 Å². The number of nitrogens with one attached hydrogen (secondary N) is 1. The summed E-state index contributed by atoms with van der Waals surface area (Å²) in [6.45, 7) is 1.59. The smallest absolute Gasteiger partial charge is 0.339 e. The minimum Gasteiger partial charge on any atom is -0.478 e. The summed E-state index contributed by atoms with van der Waals surface area (Å²) in [5.41, 5.74) is 0.879. The molecule has 0 radical (unpaired) electrons. The summed E-state index contributed by atoms with van der Waals surface area (Å²) in [6, 6.07) is 7.92. The number of hydrogen-bond donors (Lipinski definition) is 2. The lowest BCUT2D eigenvalue weighted by Crippen LogP contribution is -2.27. The number of pyridine rings is 1. The molecule has 1 aliphatic heterocycles. The number of rotatable bonds is 4. The van der Waals surface area contributed by atoms with Gasteiger partial charge in [0, 0.05) is 23.7 Å². The van der Waals surface area contributed by atoms with Crippen molar-refractivity contribution in [2.24, 2.45) is 0 Å². The van der Waals surface area contributed by atoms with Gasteiger partial charge in [0.05, 0.1) is 11.9 Å². The van der Waals surface area contributed by atoms with E-state index in [4.69, 9.17) is 11.6 Å². The summed E-state index contributed by atoms with van der Waals surface area (Å²) in [5, 5.41) is 12.8. The van der Waals surface area contributed by atoms with Crippen LogP contribution in [0, 0.1) is 0 Å². The van der Waals surface area contributed by atoms with Gasteiger partial charge in [0.25, 0.3) is 5.91 Å². The average Bonchev–Trinajstić information content (AvgIpc) is 2.91. The first-order valence-electron chi connectivity index (χ1n) is 8.60. The third kappa shape index (κ3) is 4.32. The highest BCUT2D eigenvalue weighted by Crippen LogP contribution is 2.24. The molecule has 1 aromatic carbocycles. The van der Waals surface area contributed by atoms with Gasteiger partial charge in [-0.1, -0.05) is 24.4 Å². The number of carbonyl (C=O) groups excluding carboxylic acids is 1. The monoisotopic (exact) mass is 373 g/mol. The molecule has 0 atom stereocenters. The van der Waals surface area contributed by atoms with Crippen LogP contribution in [0.1, 0.15) is 46.4 Å². The molecule has 1 aliphatic rings. The molecule has 3 rings (SSSR count). The van der Waals surface area contributed by atoms with E-state index in [1.165, 1.54) is 12.3 Å². The van der Waals surface area contributed by atoms with Crippen molar-refractivity contribution in [3.05, 3.63) is 52.7 Å². The fraction of sp³-hybridized carbons (Fsp3) is 0.316. The quantitative estimate of drug-likeness (QED) is 0.844. The molecule has 26 heavy (non-hydrogen) atoms. The maximum absolute atomic E-state index is 12.3. The maximum atomic E-state index is 12.3. The SMILES string of the molecule is O=C(Nc1cnc(N2CCCCCC2)c(C(=O)O)c1)c1ccc(Cl)cc1. The van der Waals surface area contributed by atoms with E-state index in [1.54, 1.807) is 24.3 Å². The van der Waals surface area contributed by atoms with Gasteiger partial charge in [-0.3, -0.25) is 4.79 Å². The van der Waals surface area contributed by atoms with Crippen molar-refractivity contribution < 1.29 is 14.7 Å². The third-order valence-electron chi connectivity index (χ3n) is 4.37. The zero-order chi connectivity index (χ0) is 18.5. The third-order valence-corrected chi connectivity index (χ3v) is 4.62. The number of carboxylic acid groups (broad SMARTS) is 1. The summed E-state index contributed by atoms with van der Waals surface area (Å²) in [5.74, 6) is -0.939. The van der Waals surface area contributed by atoms with E-state index in [9.17, 15) is 14.7 Å². The molecule has 1 aromatic heterocycles. The molecule has 136 valence electrons. The summed E-state index contributed by atoms with van der Waals surface area (Å²) in [6.07, 6.45) is 5.84. The Labute approximate surface area is 156 Å². The van der Waals surface area contributed by atoms with Gasteiger partial charge in [-0.15, -0.1) is 0 Å². The molecule has 0 unspecified atom stereocenters. The maximum Gasteiger partial charge on any atom is 0.339 e. The molecule has 2 N–H and O–H groups in total. The zero-order valence-electron chi connectivity index (χ0n) is 14.2. The van der Waals surface area contributed by atoms with Gasteiger partial charge >= 0.3 is 5.97 Å². The summed E-state index contributed by atoms with van der Waals surface area (Å²) in [4.78, 5) is 30.4. The summed E-state index contributed by atoms with van der Waals surface area (Å²) in [7, 11) is 0. The Balaban J connectivity index is 1.82. The number of aromatic carboxylic acids is 1. The van der Waals surface area contributed by atoms with E-state index in [1.807, 2.05) is 4.90 Å². The number of nitrogens with zero attached hydrogens (tertiary/aromatic N) is 2. The Morgan fingerprint density at radius 1 is 1.08 bits per heavy atom. The second-order valence-corrected chi connectivity index (χ2v) is 6.70. The standard InChI is InChI=1S/C19H20ClN3O3/c20-14-7-5-13(6-8-14)18(24)22-15-11-16(19(25)26)17(21-12-15)23-9-3-1-2-4-10-23/h5-8,11-12H,1-4,9-10H2,(H,22,24)(H,25,26). The predicted molar refractivity (Wildman–Crippen MR) is 101 cm³/mol. The van der Waals surface area contributed by atoms with E-state index in [0.717, 1.165) is 38.8 Å². The average molecular weight is 374 g/mol. The van der Waals surface area contributed by atoms with E-state index >= 15 is 0 Å². The largest absolute Gasteiger partial charge is 0.478 e. The molecular weight excluding hydrogens is 354 g/mol. The molecule has 0 spiro atoms. The Morgan fingerprint density at radius 3 is 2.35 bits per heavy atom.